The first-order valence-corrected chi connectivity index (χ1v) is 12.1. The summed E-state index contributed by atoms with van der Waals surface area (Å²) in [7, 11) is 0. The lowest BCUT2D eigenvalue weighted by Crippen LogP contribution is -2.60. The van der Waals surface area contributed by atoms with Gasteiger partial charge in [0.25, 0.3) is 5.91 Å². The van der Waals surface area contributed by atoms with Gasteiger partial charge in [0.15, 0.2) is 0 Å². The van der Waals surface area contributed by atoms with E-state index in [9.17, 15) is 33.2 Å². The fourth-order valence-electron chi connectivity index (χ4n) is 5.58. The number of fused-ring (bicyclic) bond motifs is 1. The van der Waals surface area contributed by atoms with Crippen molar-refractivity contribution in [3.8, 4) is 6.07 Å². The highest BCUT2D eigenvalue weighted by molar-refractivity contribution is 5.94. The van der Waals surface area contributed by atoms with Crippen LogP contribution in [0.3, 0.4) is 0 Å². The molecule has 9 nitrogen and oxygen atoms in total. The predicted octanol–water partition coefficient (Wildman–Crippen LogP) is 1.19. The molecule has 4 amide bonds. The minimum Gasteiger partial charge on any atom is -0.356 e. The van der Waals surface area contributed by atoms with E-state index in [1.165, 1.54) is 4.90 Å². The van der Waals surface area contributed by atoms with Crippen molar-refractivity contribution in [1.82, 2.24) is 20.9 Å². The number of nitriles is 1. The number of piperidine rings is 2. The van der Waals surface area contributed by atoms with E-state index in [2.05, 4.69) is 16.0 Å². The van der Waals surface area contributed by atoms with Gasteiger partial charge in [0.1, 0.15) is 18.1 Å². The average Bonchev–Trinajstić information content (AvgIpc) is 3.10. The molecule has 3 fully saturated rings. The number of hydrogen-bond donors (Lipinski definition) is 3. The lowest BCUT2D eigenvalue weighted by Gasteiger charge is -2.37. The van der Waals surface area contributed by atoms with Crippen molar-refractivity contribution in [2.45, 2.75) is 78.4 Å². The summed E-state index contributed by atoms with van der Waals surface area (Å²) in [5.74, 6) is -3.29. The molecule has 0 bridgehead atoms. The number of likely N-dealkylation sites (tertiary alicyclic amines) is 1. The van der Waals surface area contributed by atoms with Crippen LogP contribution in [-0.2, 0) is 19.2 Å². The van der Waals surface area contributed by atoms with Crippen LogP contribution in [0.1, 0.15) is 53.9 Å². The van der Waals surface area contributed by atoms with Gasteiger partial charge in [-0.15, -0.1) is 0 Å². The van der Waals surface area contributed by atoms with E-state index < -0.39 is 47.7 Å². The van der Waals surface area contributed by atoms with Crippen molar-refractivity contribution in [2.24, 2.45) is 28.6 Å². The lowest BCUT2D eigenvalue weighted by molar-refractivity contribution is -0.147. The first-order valence-electron chi connectivity index (χ1n) is 12.1. The molecule has 2 saturated heterocycles. The van der Waals surface area contributed by atoms with Gasteiger partial charge in [-0.1, -0.05) is 34.6 Å². The molecule has 2 heterocycles. The molecule has 3 rings (SSSR count). The molecular formula is C24H35F2N5O4. The third-order valence-corrected chi connectivity index (χ3v) is 7.75. The molecular weight excluding hydrogens is 460 g/mol. The van der Waals surface area contributed by atoms with Gasteiger partial charge in [0.2, 0.25) is 17.7 Å². The van der Waals surface area contributed by atoms with E-state index in [-0.39, 0.29) is 42.0 Å². The first-order chi connectivity index (χ1) is 16.2. The van der Waals surface area contributed by atoms with E-state index in [4.69, 9.17) is 0 Å². The summed E-state index contributed by atoms with van der Waals surface area (Å²) in [5, 5.41) is 17.3. The van der Waals surface area contributed by atoms with Gasteiger partial charge in [0, 0.05) is 19.0 Å². The molecule has 2 aliphatic heterocycles. The molecule has 3 N–H and O–H groups in total. The van der Waals surface area contributed by atoms with Gasteiger partial charge in [-0.05, 0) is 41.9 Å². The number of amides is 4. The Labute approximate surface area is 204 Å². The molecule has 0 aromatic heterocycles. The number of rotatable bonds is 7. The summed E-state index contributed by atoms with van der Waals surface area (Å²) < 4.78 is 25.9. The van der Waals surface area contributed by atoms with E-state index in [0.29, 0.717) is 13.0 Å². The predicted molar refractivity (Wildman–Crippen MR) is 122 cm³/mol. The Balaban J connectivity index is 1.79. The normalized spacial score (nSPS) is 28.9. The van der Waals surface area contributed by atoms with Crippen LogP contribution in [0.4, 0.5) is 8.78 Å². The second kappa shape index (κ2) is 9.70. The number of nitrogens with one attached hydrogen (secondary N) is 3. The number of carbonyl (C=O) groups is 4. The number of hydrogen-bond acceptors (Lipinski definition) is 5. The average molecular weight is 496 g/mol. The maximum absolute atomic E-state index is 13.5. The minimum absolute atomic E-state index is 0.0401. The van der Waals surface area contributed by atoms with Gasteiger partial charge in [-0.25, -0.2) is 0 Å². The Morgan fingerprint density at radius 3 is 2.46 bits per heavy atom. The Kier molecular flexibility index (Phi) is 7.44. The zero-order valence-electron chi connectivity index (χ0n) is 20.9. The molecule has 35 heavy (non-hydrogen) atoms. The highest BCUT2D eigenvalue weighted by Gasteiger charge is 2.69. The fourth-order valence-corrected chi connectivity index (χ4v) is 5.58. The SMILES string of the molecule is CC(C)(C)[C@H](NC(=O)C(F)F)C(=O)N1C[C@H]2[C@@H]([C@H]1C(=O)N[C@H](C#N)C[C@@H]1CCCNC1=O)C2(C)C. The lowest BCUT2D eigenvalue weighted by atomic mass is 9.85. The van der Waals surface area contributed by atoms with Crippen LogP contribution in [0.5, 0.6) is 0 Å². The molecule has 194 valence electrons. The molecule has 0 unspecified atom stereocenters. The maximum atomic E-state index is 13.5. The molecule has 0 spiro atoms. The Bertz CT molecular complexity index is 926. The van der Waals surface area contributed by atoms with Gasteiger partial charge in [-0.3, -0.25) is 19.2 Å². The molecule has 11 heteroatoms. The molecule has 1 aliphatic carbocycles. The third-order valence-electron chi connectivity index (χ3n) is 7.75. The summed E-state index contributed by atoms with van der Waals surface area (Å²) in [6.45, 7) is 9.80. The van der Waals surface area contributed by atoms with Crippen molar-refractivity contribution < 1.29 is 28.0 Å². The summed E-state index contributed by atoms with van der Waals surface area (Å²) in [6.07, 6.45) is -1.68. The number of halogens is 2. The van der Waals surface area contributed by atoms with Crippen molar-refractivity contribution >= 4 is 23.6 Å². The second-order valence-electron chi connectivity index (χ2n) is 11.6. The highest BCUT2D eigenvalue weighted by atomic mass is 19.3. The molecule has 0 aromatic carbocycles. The van der Waals surface area contributed by atoms with Gasteiger partial charge < -0.3 is 20.9 Å². The van der Waals surface area contributed by atoms with E-state index in [0.717, 1.165) is 6.42 Å². The second-order valence-corrected chi connectivity index (χ2v) is 11.6. The largest absolute Gasteiger partial charge is 0.356 e. The zero-order valence-corrected chi connectivity index (χ0v) is 20.9. The number of alkyl halides is 2. The summed E-state index contributed by atoms with van der Waals surface area (Å²) in [4.78, 5) is 52.1. The maximum Gasteiger partial charge on any atom is 0.315 e. The van der Waals surface area contributed by atoms with Crippen LogP contribution in [-0.4, -0.2) is 66.2 Å². The Hall–Kier alpha value is -2.77. The van der Waals surface area contributed by atoms with Crippen LogP contribution in [0.2, 0.25) is 0 Å². The van der Waals surface area contributed by atoms with Crippen molar-refractivity contribution in [2.75, 3.05) is 13.1 Å². The fraction of sp³-hybridized carbons (Fsp3) is 0.792. The van der Waals surface area contributed by atoms with Crippen LogP contribution in [0.15, 0.2) is 0 Å². The molecule has 0 aromatic rings. The third kappa shape index (κ3) is 5.41. The monoisotopic (exact) mass is 495 g/mol. The van der Waals surface area contributed by atoms with Crippen LogP contribution in [0, 0.1) is 39.9 Å². The summed E-state index contributed by atoms with van der Waals surface area (Å²) in [6, 6.07) is -1.01. The van der Waals surface area contributed by atoms with E-state index in [1.807, 2.05) is 19.9 Å². The smallest absolute Gasteiger partial charge is 0.315 e. The van der Waals surface area contributed by atoms with Crippen molar-refractivity contribution in [3.63, 3.8) is 0 Å². The molecule has 0 radical (unpaired) electrons. The van der Waals surface area contributed by atoms with Crippen LogP contribution < -0.4 is 16.0 Å². The Morgan fingerprint density at radius 1 is 1.26 bits per heavy atom. The van der Waals surface area contributed by atoms with Gasteiger partial charge in [-0.2, -0.15) is 14.0 Å². The van der Waals surface area contributed by atoms with E-state index in [1.54, 1.807) is 20.8 Å². The van der Waals surface area contributed by atoms with Crippen LogP contribution in [0.25, 0.3) is 0 Å². The van der Waals surface area contributed by atoms with E-state index >= 15 is 0 Å². The first kappa shape index (κ1) is 26.8. The van der Waals surface area contributed by atoms with Gasteiger partial charge in [0.05, 0.1) is 6.07 Å². The minimum atomic E-state index is -3.27. The van der Waals surface area contributed by atoms with Gasteiger partial charge >= 0.3 is 6.43 Å². The topological polar surface area (TPSA) is 131 Å². The standard InChI is InChI=1S/C24H35F2N5O4/c1-23(2,3)17(30-21(34)18(25)26)22(35)31-11-14-15(24(14,4)5)16(31)20(33)29-13(10-27)9-12-7-6-8-28-19(12)32/h12-18H,6-9,11H2,1-5H3,(H,28,32)(H,29,33)(H,30,34)/t12-,13-,14-,15-,16-,17+/m0/s1. The molecule has 6 atom stereocenters. The zero-order chi connectivity index (χ0) is 26.3. The Morgan fingerprint density at radius 2 is 1.91 bits per heavy atom. The van der Waals surface area contributed by atoms with Crippen molar-refractivity contribution in [1.29, 1.82) is 5.26 Å². The van der Waals surface area contributed by atoms with Crippen LogP contribution >= 0.6 is 0 Å². The quantitative estimate of drug-likeness (QED) is 0.488. The van der Waals surface area contributed by atoms with Crippen molar-refractivity contribution in [3.05, 3.63) is 0 Å². The number of nitrogens with zero attached hydrogens (tertiary/aromatic N) is 2. The molecule has 3 aliphatic rings. The summed E-state index contributed by atoms with van der Waals surface area (Å²) in [5.41, 5.74) is -1.08. The summed E-state index contributed by atoms with van der Waals surface area (Å²) >= 11 is 0. The molecule has 1 saturated carbocycles. The highest BCUT2D eigenvalue weighted by Crippen LogP contribution is 2.65. The number of carbonyl (C=O) groups excluding carboxylic acids is 4.